The fraction of sp³-hybridized carbons (Fsp3) is 0.538. The standard InChI is InChI=1S/C13H19FN2/c1-13(2,3)9-7-16(8-9)10-4-5-11(14)12(15)6-10/h4-6,9H,7-8,15H2,1-3H3. The molecule has 1 aliphatic heterocycles. The summed E-state index contributed by atoms with van der Waals surface area (Å²) in [7, 11) is 0. The minimum absolute atomic E-state index is 0.233. The van der Waals surface area contributed by atoms with Crippen LogP contribution in [0, 0.1) is 17.2 Å². The first-order valence-corrected chi connectivity index (χ1v) is 5.68. The first kappa shape index (κ1) is 11.2. The number of nitrogen functional groups attached to an aromatic ring is 1. The Morgan fingerprint density at radius 1 is 1.31 bits per heavy atom. The molecule has 1 saturated heterocycles. The molecular formula is C13H19FN2. The molecule has 16 heavy (non-hydrogen) atoms. The summed E-state index contributed by atoms with van der Waals surface area (Å²) in [6.45, 7) is 8.85. The van der Waals surface area contributed by atoms with E-state index >= 15 is 0 Å². The summed E-state index contributed by atoms with van der Waals surface area (Å²) < 4.78 is 13.0. The Balaban J connectivity index is 2.04. The summed E-state index contributed by atoms with van der Waals surface area (Å²) in [6, 6.07) is 4.95. The summed E-state index contributed by atoms with van der Waals surface area (Å²) in [5.41, 5.74) is 7.17. The Kier molecular flexibility index (Phi) is 2.56. The van der Waals surface area contributed by atoms with E-state index in [2.05, 4.69) is 25.7 Å². The first-order valence-electron chi connectivity index (χ1n) is 5.68. The Morgan fingerprint density at radius 3 is 2.44 bits per heavy atom. The van der Waals surface area contributed by atoms with Crippen LogP contribution in [0.5, 0.6) is 0 Å². The number of benzene rings is 1. The molecule has 0 radical (unpaired) electrons. The molecule has 1 fully saturated rings. The zero-order valence-electron chi connectivity index (χ0n) is 10.1. The number of anilines is 2. The van der Waals surface area contributed by atoms with Crippen LogP contribution in [0.15, 0.2) is 18.2 Å². The van der Waals surface area contributed by atoms with Crippen molar-refractivity contribution in [1.82, 2.24) is 0 Å². The fourth-order valence-corrected chi connectivity index (χ4v) is 1.96. The maximum atomic E-state index is 13.0. The van der Waals surface area contributed by atoms with E-state index in [1.807, 2.05) is 0 Å². The second-order valence-corrected chi connectivity index (χ2v) is 5.67. The van der Waals surface area contributed by atoms with Crippen LogP contribution in [0.3, 0.4) is 0 Å². The molecule has 0 spiro atoms. The highest BCUT2D eigenvalue weighted by atomic mass is 19.1. The average Bonchev–Trinajstić information content (AvgIpc) is 2.06. The van der Waals surface area contributed by atoms with Gasteiger partial charge in [0.25, 0.3) is 0 Å². The molecule has 0 aliphatic carbocycles. The van der Waals surface area contributed by atoms with Gasteiger partial charge in [-0.25, -0.2) is 4.39 Å². The second kappa shape index (κ2) is 3.65. The highest BCUT2D eigenvalue weighted by molar-refractivity contribution is 5.58. The van der Waals surface area contributed by atoms with Crippen LogP contribution in [-0.2, 0) is 0 Å². The zero-order chi connectivity index (χ0) is 11.9. The van der Waals surface area contributed by atoms with Gasteiger partial charge in [0.1, 0.15) is 5.82 Å². The van der Waals surface area contributed by atoms with Gasteiger partial charge in [-0.05, 0) is 29.5 Å². The van der Waals surface area contributed by atoms with Crippen molar-refractivity contribution in [2.45, 2.75) is 20.8 Å². The lowest BCUT2D eigenvalue weighted by molar-refractivity contribution is 0.195. The molecule has 2 rings (SSSR count). The normalized spacial score (nSPS) is 17.4. The van der Waals surface area contributed by atoms with E-state index in [0.717, 1.165) is 18.8 Å². The molecule has 0 saturated carbocycles. The van der Waals surface area contributed by atoms with E-state index in [1.165, 1.54) is 6.07 Å². The van der Waals surface area contributed by atoms with Gasteiger partial charge in [0.2, 0.25) is 0 Å². The third kappa shape index (κ3) is 1.99. The van der Waals surface area contributed by atoms with Crippen LogP contribution in [0.4, 0.5) is 15.8 Å². The zero-order valence-corrected chi connectivity index (χ0v) is 10.1. The van der Waals surface area contributed by atoms with Crippen molar-refractivity contribution >= 4 is 11.4 Å². The lowest BCUT2D eigenvalue weighted by Crippen LogP contribution is -2.52. The Bertz CT molecular complexity index is 389. The van der Waals surface area contributed by atoms with E-state index in [9.17, 15) is 4.39 Å². The monoisotopic (exact) mass is 222 g/mol. The summed E-state index contributed by atoms with van der Waals surface area (Å²) in [5.74, 6) is 0.371. The SMILES string of the molecule is CC(C)(C)C1CN(c2ccc(F)c(N)c2)C1. The minimum Gasteiger partial charge on any atom is -0.396 e. The minimum atomic E-state index is -0.336. The second-order valence-electron chi connectivity index (χ2n) is 5.67. The smallest absolute Gasteiger partial charge is 0.146 e. The van der Waals surface area contributed by atoms with Crippen molar-refractivity contribution in [3.05, 3.63) is 24.0 Å². The van der Waals surface area contributed by atoms with E-state index in [1.54, 1.807) is 12.1 Å². The largest absolute Gasteiger partial charge is 0.396 e. The number of halogens is 1. The van der Waals surface area contributed by atoms with Gasteiger partial charge in [-0.1, -0.05) is 20.8 Å². The molecule has 0 amide bonds. The number of nitrogens with two attached hydrogens (primary N) is 1. The number of hydrogen-bond donors (Lipinski definition) is 1. The Labute approximate surface area is 96.2 Å². The van der Waals surface area contributed by atoms with Gasteiger partial charge in [-0.15, -0.1) is 0 Å². The lowest BCUT2D eigenvalue weighted by Gasteiger charge is -2.47. The maximum Gasteiger partial charge on any atom is 0.146 e. The van der Waals surface area contributed by atoms with Gasteiger partial charge in [0.15, 0.2) is 0 Å². The number of rotatable bonds is 1. The van der Waals surface area contributed by atoms with Crippen LogP contribution < -0.4 is 10.6 Å². The number of hydrogen-bond acceptors (Lipinski definition) is 2. The van der Waals surface area contributed by atoms with Crippen LogP contribution in [0.2, 0.25) is 0 Å². The molecule has 2 N–H and O–H groups in total. The summed E-state index contributed by atoms with van der Waals surface area (Å²) in [4.78, 5) is 2.24. The van der Waals surface area contributed by atoms with Gasteiger partial charge in [0.05, 0.1) is 5.69 Å². The van der Waals surface area contributed by atoms with E-state index < -0.39 is 0 Å². The van der Waals surface area contributed by atoms with Crippen molar-refractivity contribution in [3.8, 4) is 0 Å². The summed E-state index contributed by atoms with van der Waals surface area (Å²) >= 11 is 0. The van der Waals surface area contributed by atoms with E-state index in [4.69, 9.17) is 5.73 Å². The fourth-order valence-electron chi connectivity index (χ4n) is 1.96. The van der Waals surface area contributed by atoms with Gasteiger partial charge < -0.3 is 10.6 Å². The molecule has 0 aromatic heterocycles. The van der Waals surface area contributed by atoms with Gasteiger partial charge in [-0.2, -0.15) is 0 Å². The molecule has 3 heteroatoms. The van der Waals surface area contributed by atoms with Crippen molar-refractivity contribution in [3.63, 3.8) is 0 Å². The maximum absolute atomic E-state index is 13.0. The summed E-state index contributed by atoms with van der Waals surface area (Å²) in [5, 5.41) is 0. The lowest BCUT2D eigenvalue weighted by atomic mass is 9.76. The van der Waals surface area contributed by atoms with E-state index in [0.29, 0.717) is 11.3 Å². The highest BCUT2D eigenvalue weighted by Gasteiger charge is 2.35. The molecule has 88 valence electrons. The van der Waals surface area contributed by atoms with Crippen LogP contribution in [-0.4, -0.2) is 13.1 Å². The molecule has 0 atom stereocenters. The Hall–Kier alpha value is -1.25. The highest BCUT2D eigenvalue weighted by Crippen LogP contribution is 2.36. The third-order valence-corrected chi connectivity index (χ3v) is 3.45. The van der Waals surface area contributed by atoms with Crippen molar-refractivity contribution in [1.29, 1.82) is 0 Å². The molecule has 0 unspecified atom stereocenters. The molecule has 2 nitrogen and oxygen atoms in total. The van der Waals surface area contributed by atoms with Crippen LogP contribution in [0.1, 0.15) is 20.8 Å². The third-order valence-electron chi connectivity index (χ3n) is 3.45. The van der Waals surface area contributed by atoms with Crippen molar-refractivity contribution in [2.24, 2.45) is 11.3 Å². The Morgan fingerprint density at radius 2 is 1.94 bits per heavy atom. The first-order chi connectivity index (χ1) is 7.38. The van der Waals surface area contributed by atoms with Crippen LogP contribution >= 0.6 is 0 Å². The average molecular weight is 222 g/mol. The van der Waals surface area contributed by atoms with Gasteiger partial charge in [-0.3, -0.25) is 0 Å². The molecule has 1 aromatic carbocycles. The van der Waals surface area contributed by atoms with Crippen LogP contribution in [0.25, 0.3) is 0 Å². The molecule has 1 aliphatic rings. The predicted molar refractivity (Wildman–Crippen MR) is 66.0 cm³/mol. The number of nitrogens with zero attached hydrogens (tertiary/aromatic N) is 1. The quantitative estimate of drug-likeness (QED) is 0.740. The van der Waals surface area contributed by atoms with Crippen molar-refractivity contribution < 1.29 is 4.39 Å². The molecule has 0 bridgehead atoms. The molecule has 1 aromatic rings. The molecule has 1 heterocycles. The van der Waals surface area contributed by atoms with E-state index in [-0.39, 0.29) is 11.5 Å². The predicted octanol–water partition coefficient (Wildman–Crippen LogP) is 2.89. The van der Waals surface area contributed by atoms with Gasteiger partial charge in [0, 0.05) is 18.8 Å². The topological polar surface area (TPSA) is 29.3 Å². The van der Waals surface area contributed by atoms with Crippen molar-refractivity contribution in [2.75, 3.05) is 23.7 Å². The molecular weight excluding hydrogens is 203 g/mol. The summed E-state index contributed by atoms with van der Waals surface area (Å²) in [6.07, 6.45) is 0. The van der Waals surface area contributed by atoms with Gasteiger partial charge >= 0.3 is 0 Å².